The molecule has 0 aromatic heterocycles. The predicted octanol–water partition coefficient (Wildman–Crippen LogP) is 3.12. The molecule has 1 aliphatic carbocycles. The van der Waals surface area contributed by atoms with E-state index in [9.17, 15) is 18.5 Å². The van der Waals surface area contributed by atoms with Crippen molar-refractivity contribution in [1.82, 2.24) is 4.72 Å². The maximum absolute atomic E-state index is 12.5. The van der Waals surface area contributed by atoms with Gasteiger partial charge in [-0.25, -0.2) is 13.1 Å². The van der Waals surface area contributed by atoms with Crippen LogP contribution in [0.15, 0.2) is 47.4 Å². The summed E-state index contributed by atoms with van der Waals surface area (Å²) >= 11 is 0. The van der Waals surface area contributed by atoms with Crippen molar-refractivity contribution in [3.63, 3.8) is 0 Å². The monoisotopic (exact) mass is 346 g/mol. The van der Waals surface area contributed by atoms with Crippen molar-refractivity contribution in [2.45, 2.75) is 37.1 Å². The van der Waals surface area contributed by atoms with Crippen molar-refractivity contribution in [3.05, 3.63) is 69.3 Å². The van der Waals surface area contributed by atoms with E-state index < -0.39 is 21.0 Å². The molecule has 0 spiro atoms. The number of nitro benzene ring substituents is 1. The Labute approximate surface area is 140 Å². The Balaban J connectivity index is 1.83. The molecule has 1 atom stereocenters. The first-order chi connectivity index (χ1) is 11.4. The van der Waals surface area contributed by atoms with E-state index in [0.717, 1.165) is 30.9 Å². The van der Waals surface area contributed by atoms with E-state index in [-0.39, 0.29) is 10.6 Å². The second kappa shape index (κ2) is 6.33. The average molecular weight is 346 g/mol. The normalized spacial score (nSPS) is 15.0. The third kappa shape index (κ3) is 3.32. The number of sulfonamides is 1. The summed E-state index contributed by atoms with van der Waals surface area (Å²) in [5.41, 5.74) is 3.24. The van der Waals surface area contributed by atoms with Crippen LogP contribution in [-0.4, -0.2) is 13.3 Å². The van der Waals surface area contributed by atoms with Gasteiger partial charge in [0.1, 0.15) is 0 Å². The minimum Gasteiger partial charge on any atom is -0.258 e. The lowest BCUT2D eigenvalue weighted by molar-refractivity contribution is -0.385. The SMILES string of the molecule is CC(NS(=O)(=O)c1cccc([N+](=O)[O-])c1)c1ccc2c(c1)CCC2. The van der Waals surface area contributed by atoms with Crippen molar-refractivity contribution in [1.29, 1.82) is 0 Å². The van der Waals surface area contributed by atoms with E-state index in [0.29, 0.717) is 0 Å². The molecule has 0 fully saturated rings. The zero-order valence-electron chi connectivity index (χ0n) is 13.2. The van der Waals surface area contributed by atoms with Gasteiger partial charge >= 0.3 is 0 Å². The van der Waals surface area contributed by atoms with Gasteiger partial charge in [-0.15, -0.1) is 0 Å². The van der Waals surface area contributed by atoms with Crippen molar-refractivity contribution in [2.75, 3.05) is 0 Å². The Morgan fingerprint density at radius 3 is 2.62 bits per heavy atom. The second-order valence-electron chi connectivity index (χ2n) is 5.98. The van der Waals surface area contributed by atoms with Crippen LogP contribution in [0, 0.1) is 10.1 Å². The highest BCUT2D eigenvalue weighted by Gasteiger charge is 2.21. The molecule has 0 amide bonds. The van der Waals surface area contributed by atoms with Gasteiger partial charge in [0.15, 0.2) is 0 Å². The molecule has 0 heterocycles. The molecule has 126 valence electrons. The van der Waals surface area contributed by atoms with Gasteiger partial charge in [0.05, 0.1) is 9.82 Å². The van der Waals surface area contributed by atoms with E-state index in [1.165, 1.54) is 29.3 Å². The first-order valence-corrected chi connectivity index (χ1v) is 9.23. The molecule has 1 aliphatic rings. The summed E-state index contributed by atoms with van der Waals surface area (Å²) < 4.78 is 27.6. The summed E-state index contributed by atoms with van der Waals surface area (Å²) in [6.45, 7) is 1.77. The van der Waals surface area contributed by atoms with Gasteiger partial charge in [0.25, 0.3) is 5.69 Å². The fourth-order valence-electron chi connectivity index (χ4n) is 2.99. The maximum Gasteiger partial charge on any atom is 0.270 e. The van der Waals surface area contributed by atoms with Crippen LogP contribution in [-0.2, 0) is 22.9 Å². The molecule has 1 unspecified atom stereocenters. The zero-order chi connectivity index (χ0) is 17.3. The van der Waals surface area contributed by atoms with Crippen molar-refractivity contribution in [2.24, 2.45) is 0 Å². The second-order valence-corrected chi connectivity index (χ2v) is 7.69. The molecule has 0 saturated heterocycles. The van der Waals surface area contributed by atoms with Gasteiger partial charge in [0.2, 0.25) is 10.0 Å². The summed E-state index contributed by atoms with van der Waals surface area (Å²) in [6, 6.07) is 10.7. The van der Waals surface area contributed by atoms with Crippen LogP contribution in [0.5, 0.6) is 0 Å². The molecular formula is C17H18N2O4S. The minimum atomic E-state index is -3.83. The Bertz CT molecular complexity index is 893. The smallest absolute Gasteiger partial charge is 0.258 e. The molecule has 3 rings (SSSR count). The molecule has 0 saturated carbocycles. The topological polar surface area (TPSA) is 89.3 Å². The number of nitrogens with zero attached hydrogens (tertiary/aromatic N) is 1. The summed E-state index contributed by atoms with van der Waals surface area (Å²) in [5.74, 6) is 0. The first-order valence-electron chi connectivity index (χ1n) is 7.75. The van der Waals surface area contributed by atoms with Gasteiger partial charge in [-0.2, -0.15) is 0 Å². The Morgan fingerprint density at radius 2 is 1.88 bits per heavy atom. The van der Waals surface area contributed by atoms with Crippen LogP contribution in [0.4, 0.5) is 5.69 Å². The lowest BCUT2D eigenvalue weighted by Crippen LogP contribution is -2.27. The fourth-order valence-corrected chi connectivity index (χ4v) is 4.27. The highest BCUT2D eigenvalue weighted by Crippen LogP contribution is 2.26. The quantitative estimate of drug-likeness (QED) is 0.665. The van der Waals surface area contributed by atoms with E-state index >= 15 is 0 Å². The van der Waals surface area contributed by atoms with Crippen molar-refractivity contribution < 1.29 is 13.3 Å². The molecule has 1 N–H and O–H groups in total. The number of nitrogens with one attached hydrogen (secondary N) is 1. The fraction of sp³-hybridized carbons (Fsp3) is 0.294. The molecule has 2 aromatic rings. The van der Waals surface area contributed by atoms with E-state index in [1.807, 2.05) is 12.1 Å². The number of rotatable bonds is 5. The number of non-ortho nitro benzene ring substituents is 1. The average Bonchev–Trinajstić information content (AvgIpc) is 3.02. The van der Waals surface area contributed by atoms with Crippen LogP contribution in [0.1, 0.15) is 36.1 Å². The predicted molar refractivity (Wildman–Crippen MR) is 90.3 cm³/mol. The Kier molecular flexibility index (Phi) is 4.38. The molecule has 2 aromatic carbocycles. The van der Waals surface area contributed by atoms with Gasteiger partial charge in [0, 0.05) is 18.2 Å². The number of hydrogen-bond acceptors (Lipinski definition) is 4. The molecule has 24 heavy (non-hydrogen) atoms. The number of hydrogen-bond donors (Lipinski definition) is 1. The lowest BCUT2D eigenvalue weighted by atomic mass is 10.0. The van der Waals surface area contributed by atoms with Crippen LogP contribution in [0.3, 0.4) is 0 Å². The number of aryl methyl sites for hydroxylation is 2. The van der Waals surface area contributed by atoms with Crippen LogP contribution >= 0.6 is 0 Å². The standard InChI is InChI=1S/C17H18N2O4S/c1-12(14-9-8-13-4-2-5-15(13)10-14)18-24(22,23)17-7-3-6-16(11-17)19(20)21/h3,6-12,18H,2,4-5H2,1H3. The third-order valence-corrected chi connectivity index (χ3v) is 5.83. The summed E-state index contributed by atoms with van der Waals surface area (Å²) in [4.78, 5) is 10.1. The maximum atomic E-state index is 12.5. The summed E-state index contributed by atoms with van der Waals surface area (Å²) in [5, 5.41) is 10.8. The summed E-state index contributed by atoms with van der Waals surface area (Å²) in [6.07, 6.45) is 3.23. The van der Waals surface area contributed by atoms with Crippen LogP contribution in [0.25, 0.3) is 0 Å². The molecular weight excluding hydrogens is 328 g/mol. The van der Waals surface area contributed by atoms with E-state index in [1.54, 1.807) is 6.92 Å². The van der Waals surface area contributed by atoms with Gasteiger partial charge < -0.3 is 0 Å². The number of nitro groups is 1. The molecule has 7 heteroatoms. The van der Waals surface area contributed by atoms with Gasteiger partial charge in [-0.05, 0) is 48.9 Å². The molecule has 6 nitrogen and oxygen atoms in total. The lowest BCUT2D eigenvalue weighted by Gasteiger charge is -2.16. The van der Waals surface area contributed by atoms with Crippen molar-refractivity contribution >= 4 is 15.7 Å². The first kappa shape index (κ1) is 16.6. The third-order valence-electron chi connectivity index (χ3n) is 4.29. The molecule has 0 bridgehead atoms. The highest BCUT2D eigenvalue weighted by molar-refractivity contribution is 7.89. The van der Waals surface area contributed by atoms with Crippen LogP contribution in [0.2, 0.25) is 0 Å². The van der Waals surface area contributed by atoms with Gasteiger partial charge in [-0.1, -0.05) is 24.3 Å². The minimum absolute atomic E-state index is 0.107. The largest absolute Gasteiger partial charge is 0.270 e. The highest BCUT2D eigenvalue weighted by atomic mass is 32.2. The molecule has 0 radical (unpaired) electrons. The Hall–Kier alpha value is -2.25. The number of benzene rings is 2. The van der Waals surface area contributed by atoms with E-state index in [2.05, 4.69) is 10.8 Å². The number of fused-ring (bicyclic) bond motifs is 1. The van der Waals surface area contributed by atoms with Gasteiger partial charge in [-0.3, -0.25) is 10.1 Å². The van der Waals surface area contributed by atoms with Crippen LogP contribution < -0.4 is 4.72 Å². The summed E-state index contributed by atoms with van der Waals surface area (Å²) in [7, 11) is -3.83. The zero-order valence-corrected chi connectivity index (χ0v) is 14.0. The molecule has 0 aliphatic heterocycles. The van der Waals surface area contributed by atoms with Crippen molar-refractivity contribution in [3.8, 4) is 0 Å². The Morgan fingerprint density at radius 1 is 1.12 bits per heavy atom. The van der Waals surface area contributed by atoms with E-state index in [4.69, 9.17) is 0 Å².